The van der Waals surface area contributed by atoms with Crippen LogP contribution in [0, 0.1) is 26.2 Å². The van der Waals surface area contributed by atoms with Gasteiger partial charge in [-0.25, -0.2) is 0 Å². The molecule has 1 heterocycles. The second kappa shape index (κ2) is 6.34. The lowest BCUT2D eigenvalue weighted by molar-refractivity contribution is 0.568. The van der Waals surface area contributed by atoms with Crippen molar-refractivity contribution in [1.29, 1.82) is 0 Å². The SMILES string of the molecule is C#CCCCn1nc(C)c(CNCC)c1C. The first-order valence-electron chi connectivity index (χ1n) is 5.87. The minimum atomic E-state index is 0.820. The van der Waals surface area contributed by atoms with Crippen molar-refractivity contribution >= 4 is 0 Å². The van der Waals surface area contributed by atoms with Gasteiger partial charge in [0.25, 0.3) is 0 Å². The van der Waals surface area contributed by atoms with Gasteiger partial charge in [0.15, 0.2) is 0 Å². The maximum atomic E-state index is 5.24. The van der Waals surface area contributed by atoms with Crippen LogP contribution >= 0.6 is 0 Å². The molecule has 0 aromatic carbocycles. The molecule has 0 radical (unpaired) electrons. The third kappa shape index (κ3) is 3.11. The first-order chi connectivity index (χ1) is 7.70. The molecule has 1 rings (SSSR count). The molecule has 0 saturated heterocycles. The van der Waals surface area contributed by atoms with Crippen LogP contribution in [0.2, 0.25) is 0 Å². The molecular weight excluding hydrogens is 198 g/mol. The Balaban J connectivity index is 2.69. The molecule has 0 amide bonds. The Morgan fingerprint density at radius 2 is 2.19 bits per heavy atom. The van der Waals surface area contributed by atoms with Crippen molar-refractivity contribution in [3.8, 4) is 12.3 Å². The fourth-order valence-corrected chi connectivity index (χ4v) is 1.79. The van der Waals surface area contributed by atoms with E-state index >= 15 is 0 Å². The Morgan fingerprint density at radius 3 is 2.81 bits per heavy atom. The van der Waals surface area contributed by atoms with Gasteiger partial charge in [-0.05, 0) is 26.8 Å². The number of rotatable bonds is 6. The highest BCUT2D eigenvalue weighted by molar-refractivity contribution is 5.24. The summed E-state index contributed by atoms with van der Waals surface area (Å²) in [5.41, 5.74) is 3.71. The molecule has 16 heavy (non-hydrogen) atoms. The zero-order valence-corrected chi connectivity index (χ0v) is 10.5. The maximum Gasteiger partial charge on any atom is 0.0641 e. The Hall–Kier alpha value is -1.27. The molecular formula is C13H21N3. The van der Waals surface area contributed by atoms with Crippen LogP contribution in [0.25, 0.3) is 0 Å². The van der Waals surface area contributed by atoms with Crippen LogP contribution in [-0.2, 0) is 13.1 Å². The normalized spacial score (nSPS) is 10.4. The van der Waals surface area contributed by atoms with E-state index in [9.17, 15) is 0 Å². The van der Waals surface area contributed by atoms with Crippen LogP contribution < -0.4 is 5.32 Å². The van der Waals surface area contributed by atoms with Crippen molar-refractivity contribution in [3.05, 3.63) is 17.0 Å². The van der Waals surface area contributed by atoms with E-state index in [1.807, 2.05) is 0 Å². The molecule has 0 aliphatic heterocycles. The molecule has 0 atom stereocenters. The first-order valence-corrected chi connectivity index (χ1v) is 5.87. The van der Waals surface area contributed by atoms with Crippen LogP contribution in [0.3, 0.4) is 0 Å². The van der Waals surface area contributed by atoms with Gasteiger partial charge in [0, 0.05) is 30.8 Å². The summed E-state index contributed by atoms with van der Waals surface area (Å²) in [6, 6.07) is 0. The lowest BCUT2D eigenvalue weighted by Gasteiger charge is -2.04. The standard InChI is InChI=1S/C13H21N3/c1-5-7-8-9-16-12(4)13(10-14-6-2)11(3)15-16/h1,14H,6-10H2,2-4H3. The molecule has 3 heteroatoms. The molecule has 88 valence electrons. The van der Waals surface area contributed by atoms with Gasteiger partial charge in [-0.1, -0.05) is 6.92 Å². The third-order valence-corrected chi connectivity index (χ3v) is 2.77. The van der Waals surface area contributed by atoms with E-state index in [4.69, 9.17) is 6.42 Å². The Morgan fingerprint density at radius 1 is 1.44 bits per heavy atom. The van der Waals surface area contributed by atoms with Crippen molar-refractivity contribution in [2.24, 2.45) is 0 Å². The quantitative estimate of drug-likeness (QED) is 0.586. The lowest BCUT2D eigenvalue weighted by atomic mass is 10.2. The van der Waals surface area contributed by atoms with Crippen LogP contribution in [-0.4, -0.2) is 16.3 Å². The van der Waals surface area contributed by atoms with Crippen LogP contribution in [0.5, 0.6) is 0 Å². The van der Waals surface area contributed by atoms with E-state index < -0.39 is 0 Å². The highest BCUT2D eigenvalue weighted by Gasteiger charge is 2.09. The molecule has 3 nitrogen and oxygen atoms in total. The minimum Gasteiger partial charge on any atom is -0.313 e. The van der Waals surface area contributed by atoms with Crippen LogP contribution in [0.4, 0.5) is 0 Å². The number of aryl methyl sites for hydroxylation is 2. The molecule has 0 spiro atoms. The van der Waals surface area contributed by atoms with Gasteiger partial charge in [0.05, 0.1) is 5.69 Å². The lowest BCUT2D eigenvalue weighted by Crippen LogP contribution is -2.13. The summed E-state index contributed by atoms with van der Waals surface area (Å²) in [5.74, 6) is 2.66. The Kier molecular flexibility index (Phi) is 5.07. The van der Waals surface area contributed by atoms with E-state index in [-0.39, 0.29) is 0 Å². The summed E-state index contributed by atoms with van der Waals surface area (Å²) >= 11 is 0. The zero-order chi connectivity index (χ0) is 12.0. The smallest absolute Gasteiger partial charge is 0.0641 e. The van der Waals surface area contributed by atoms with Gasteiger partial charge in [-0.15, -0.1) is 12.3 Å². The zero-order valence-electron chi connectivity index (χ0n) is 10.5. The monoisotopic (exact) mass is 219 g/mol. The van der Waals surface area contributed by atoms with E-state index in [0.717, 1.165) is 38.2 Å². The molecule has 1 N–H and O–H groups in total. The average Bonchev–Trinajstić information content (AvgIpc) is 2.53. The second-order valence-corrected chi connectivity index (χ2v) is 3.96. The molecule has 1 aromatic heterocycles. The predicted molar refractivity (Wildman–Crippen MR) is 67.1 cm³/mol. The topological polar surface area (TPSA) is 29.9 Å². The fraction of sp³-hybridized carbons (Fsp3) is 0.615. The molecule has 0 saturated carbocycles. The highest BCUT2D eigenvalue weighted by atomic mass is 15.3. The fourth-order valence-electron chi connectivity index (χ4n) is 1.79. The van der Waals surface area contributed by atoms with Crippen molar-refractivity contribution in [2.45, 2.75) is 46.7 Å². The first kappa shape index (κ1) is 12.8. The third-order valence-electron chi connectivity index (χ3n) is 2.77. The summed E-state index contributed by atoms with van der Waals surface area (Å²) in [7, 11) is 0. The van der Waals surface area contributed by atoms with Crippen LogP contribution in [0.1, 0.15) is 36.7 Å². The van der Waals surface area contributed by atoms with E-state index in [1.165, 1.54) is 11.3 Å². The number of unbranched alkanes of at least 4 members (excludes halogenated alkanes) is 1. The Labute approximate surface area is 98.2 Å². The van der Waals surface area contributed by atoms with Crippen LogP contribution in [0.15, 0.2) is 0 Å². The molecule has 1 aromatic rings. The maximum absolute atomic E-state index is 5.24. The van der Waals surface area contributed by atoms with Gasteiger partial charge >= 0.3 is 0 Å². The van der Waals surface area contributed by atoms with Crippen molar-refractivity contribution in [2.75, 3.05) is 6.54 Å². The number of hydrogen-bond donors (Lipinski definition) is 1. The summed E-state index contributed by atoms with van der Waals surface area (Å²) in [4.78, 5) is 0. The van der Waals surface area contributed by atoms with E-state index in [0.29, 0.717) is 0 Å². The Bertz CT molecular complexity index is 371. The predicted octanol–water partition coefficient (Wildman–Crippen LogP) is 2.02. The molecule has 0 bridgehead atoms. The van der Waals surface area contributed by atoms with E-state index in [2.05, 4.69) is 41.8 Å². The molecule has 0 fully saturated rings. The van der Waals surface area contributed by atoms with Gasteiger partial charge in [-0.2, -0.15) is 5.10 Å². The van der Waals surface area contributed by atoms with Gasteiger partial charge in [0.1, 0.15) is 0 Å². The summed E-state index contributed by atoms with van der Waals surface area (Å²) in [5, 5.41) is 7.88. The van der Waals surface area contributed by atoms with Crippen molar-refractivity contribution < 1.29 is 0 Å². The number of nitrogens with zero attached hydrogens (tertiary/aromatic N) is 2. The van der Waals surface area contributed by atoms with Gasteiger partial charge in [0.2, 0.25) is 0 Å². The number of hydrogen-bond acceptors (Lipinski definition) is 2. The number of nitrogens with one attached hydrogen (secondary N) is 1. The van der Waals surface area contributed by atoms with Gasteiger partial charge < -0.3 is 5.32 Å². The van der Waals surface area contributed by atoms with Crippen molar-refractivity contribution in [1.82, 2.24) is 15.1 Å². The highest BCUT2D eigenvalue weighted by Crippen LogP contribution is 2.13. The second-order valence-electron chi connectivity index (χ2n) is 3.96. The summed E-state index contributed by atoms with van der Waals surface area (Å²) in [6.45, 7) is 9.12. The van der Waals surface area contributed by atoms with E-state index in [1.54, 1.807) is 0 Å². The largest absolute Gasteiger partial charge is 0.313 e. The van der Waals surface area contributed by atoms with Gasteiger partial charge in [-0.3, -0.25) is 4.68 Å². The molecule has 0 unspecified atom stereocenters. The van der Waals surface area contributed by atoms with Crippen molar-refractivity contribution in [3.63, 3.8) is 0 Å². The summed E-state index contributed by atoms with van der Waals surface area (Å²) in [6.07, 6.45) is 7.06. The number of terminal acetylenes is 1. The minimum absolute atomic E-state index is 0.820. The summed E-state index contributed by atoms with van der Waals surface area (Å²) < 4.78 is 2.07. The number of aromatic nitrogens is 2. The molecule has 0 aliphatic carbocycles. The molecule has 0 aliphatic rings. The average molecular weight is 219 g/mol.